The Morgan fingerprint density at radius 1 is 1.31 bits per heavy atom. The van der Waals surface area contributed by atoms with E-state index >= 15 is 0 Å². The molecule has 0 amide bonds. The lowest BCUT2D eigenvalue weighted by atomic mass is 10.2. The Hall–Kier alpha value is -1.32. The first kappa shape index (κ1) is 11.2. The molecule has 88 valence electrons. The van der Waals surface area contributed by atoms with Crippen LogP contribution in [0.1, 0.15) is 33.6 Å². The molecule has 1 aliphatic rings. The van der Waals surface area contributed by atoms with Crippen LogP contribution in [0.3, 0.4) is 0 Å². The summed E-state index contributed by atoms with van der Waals surface area (Å²) in [6, 6.07) is 3.04. The summed E-state index contributed by atoms with van der Waals surface area (Å²) >= 11 is 0. The zero-order valence-electron chi connectivity index (χ0n) is 10.2. The number of aromatic nitrogens is 2. The normalized spacial score (nSPS) is 24.8. The van der Waals surface area contributed by atoms with Gasteiger partial charge in [0.1, 0.15) is 12.1 Å². The molecule has 1 aromatic heterocycles. The highest BCUT2D eigenvalue weighted by Crippen LogP contribution is 2.29. The summed E-state index contributed by atoms with van der Waals surface area (Å²) in [4.78, 5) is 10.8. The van der Waals surface area contributed by atoms with Crippen molar-refractivity contribution in [2.45, 2.75) is 45.7 Å². The van der Waals surface area contributed by atoms with Gasteiger partial charge in [-0.15, -0.1) is 0 Å². The van der Waals surface area contributed by atoms with Crippen molar-refractivity contribution in [3.8, 4) is 5.88 Å². The van der Waals surface area contributed by atoms with Gasteiger partial charge in [0.2, 0.25) is 5.88 Å². The van der Waals surface area contributed by atoms with Gasteiger partial charge >= 0.3 is 0 Å². The maximum atomic E-state index is 5.40. The van der Waals surface area contributed by atoms with Gasteiger partial charge in [0.05, 0.1) is 6.61 Å². The third-order valence-corrected chi connectivity index (χ3v) is 3.14. The standard InChI is InChI=1S/C12H19N3O/c1-4-16-12-7-11(13-8-14-12)15-9(2)5-6-10(15)3/h7-10H,4-6H2,1-3H3. The highest BCUT2D eigenvalue weighted by atomic mass is 16.5. The molecule has 1 fully saturated rings. The molecule has 0 radical (unpaired) electrons. The van der Waals surface area contributed by atoms with E-state index in [0.29, 0.717) is 24.6 Å². The molecule has 1 aromatic rings. The molecule has 0 saturated carbocycles. The first-order chi connectivity index (χ1) is 7.72. The van der Waals surface area contributed by atoms with E-state index in [0.717, 1.165) is 5.82 Å². The van der Waals surface area contributed by atoms with Crippen LogP contribution in [0.15, 0.2) is 12.4 Å². The molecule has 0 N–H and O–H groups in total. The first-order valence-electron chi connectivity index (χ1n) is 5.95. The van der Waals surface area contributed by atoms with Gasteiger partial charge in [-0.05, 0) is 33.6 Å². The largest absolute Gasteiger partial charge is 0.478 e. The zero-order chi connectivity index (χ0) is 11.5. The highest BCUT2D eigenvalue weighted by Gasteiger charge is 2.28. The molecule has 0 aromatic carbocycles. The molecular formula is C12H19N3O. The van der Waals surface area contributed by atoms with Crippen molar-refractivity contribution >= 4 is 5.82 Å². The molecule has 2 atom stereocenters. The Morgan fingerprint density at radius 2 is 2.00 bits per heavy atom. The second kappa shape index (κ2) is 4.68. The van der Waals surface area contributed by atoms with E-state index in [1.165, 1.54) is 12.8 Å². The van der Waals surface area contributed by atoms with Gasteiger partial charge in [-0.2, -0.15) is 0 Å². The van der Waals surface area contributed by atoms with Gasteiger partial charge in [0.15, 0.2) is 0 Å². The van der Waals surface area contributed by atoms with Crippen molar-refractivity contribution in [1.82, 2.24) is 9.97 Å². The predicted molar refractivity (Wildman–Crippen MR) is 63.8 cm³/mol. The lowest BCUT2D eigenvalue weighted by Gasteiger charge is -2.27. The van der Waals surface area contributed by atoms with Crippen LogP contribution in [-0.2, 0) is 0 Å². The Bertz CT molecular complexity index is 346. The predicted octanol–water partition coefficient (Wildman–Crippen LogP) is 2.25. The number of hydrogen-bond donors (Lipinski definition) is 0. The van der Waals surface area contributed by atoms with Crippen LogP contribution < -0.4 is 9.64 Å². The van der Waals surface area contributed by atoms with Gasteiger partial charge in [0, 0.05) is 18.2 Å². The third kappa shape index (κ3) is 2.10. The molecule has 0 spiro atoms. The molecule has 16 heavy (non-hydrogen) atoms. The van der Waals surface area contributed by atoms with E-state index in [1.807, 2.05) is 13.0 Å². The van der Waals surface area contributed by atoms with Crippen LogP contribution in [0.4, 0.5) is 5.82 Å². The zero-order valence-corrected chi connectivity index (χ0v) is 10.2. The molecule has 2 rings (SSSR count). The summed E-state index contributed by atoms with van der Waals surface area (Å²) in [5.74, 6) is 1.65. The van der Waals surface area contributed by atoms with Crippen LogP contribution in [0.2, 0.25) is 0 Å². The van der Waals surface area contributed by atoms with Gasteiger partial charge in [-0.25, -0.2) is 9.97 Å². The minimum atomic E-state index is 0.555. The minimum Gasteiger partial charge on any atom is -0.478 e. The van der Waals surface area contributed by atoms with Gasteiger partial charge in [-0.3, -0.25) is 0 Å². The molecule has 4 heteroatoms. The van der Waals surface area contributed by atoms with Crippen molar-refractivity contribution in [2.24, 2.45) is 0 Å². The average Bonchev–Trinajstić information content (AvgIpc) is 2.59. The second-order valence-electron chi connectivity index (χ2n) is 4.33. The van der Waals surface area contributed by atoms with Gasteiger partial charge < -0.3 is 9.64 Å². The van der Waals surface area contributed by atoms with Crippen LogP contribution >= 0.6 is 0 Å². The minimum absolute atomic E-state index is 0.555. The molecule has 2 heterocycles. The molecule has 1 aliphatic heterocycles. The van der Waals surface area contributed by atoms with Crippen molar-refractivity contribution in [1.29, 1.82) is 0 Å². The fourth-order valence-electron chi connectivity index (χ4n) is 2.34. The third-order valence-electron chi connectivity index (χ3n) is 3.14. The number of ether oxygens (including phenoxy) is 1. The molecule has 0 bridgehead atoms. The Morgan fingerprint density at radius 3 is 2.62 bits per heavy atom. The van der Waals surface area contributed by atoms with E-state index in [-0.39, 0.29) is 0 Å². The number of hydrogen-bond acceptors (Lipinski definition) is 4. The maximum Gasteiger partial charge on any atom is 0.218 e. The summed E-state index contributed by atoms with van der Waals surface area (Å²) in [5, 5.41) is 0. The summed E-state index contributed by atoms with van der Waals surface area (Å²) in [6.07, 6.45) is 4.04. The lowest BCUT2D eigenvalue weighted by Crippen LogP contribution is -2.33. The first-order valence-corrected chi connectivity index (χ1v) is 5.95. The summed E-state index contributed by atoms with van der Waals surface area (Å²) in [5.41, 5.74) is 0. The van der Waals surface area contributed by atoms with E-state index in [1.54, 1.807) is 6.33 Å². The van der Waals surface area contributed by atoms with Gasteiger partial charge in [-0.1, -0.05) is 0 Å². The summed E-state index contributed by atoms with van der Waals surface area (Å²) < 4.78 is 5.40. The Kier molecular flexibility index (Phi) is 3.27. The van der Waals surface area contributed by atoms with Crippen LogP contribution in [0, 0.1) is 0 Å². The van der Waals surface area contributed by atoms with E-state index < -0.39 is 0 Å². The van der Waals surface area contributed by atoms with Crippen molar-refractivity contribution in [3.05, 3.63) is 12.4 Å². The fraction of sp³-hybridized carbons (Fsp3) is 0.667. The molecule has 2 unspecified atom stereocenters. The topological polar surface area (TPSA) is 38.2 Å². The Balaban J connectivity index is 2.22. The maximum absolute atomic E-state index is 5.40. The highest BCUT2D eigenvalue weighted by molar-refractivity contribution is 5.44. The SMILES string of the molecule is CCOc1cc(N2C(C)CCC2C)ncn1. The van der Waals surface area contributed by atoms with Crippen molar-refractivity contribution in [3.63, 3.8) is 0 Å². The number of rotatable bonds is 3. The smallest absolute Gasteiger partial charge is 0.218 e. The Labute approximate surface area is 96.7 Å². The number of anilines is 1. The van der Waals surface area contributed by atoms with E-state index in [2.05, 4.69) is 28.7 Å². The second-order valence-corrected chi connectivity index (χ2v) is 4.33. The van der Waals surface area contributed by atoms with E-state index in [4.69, 9.17) is 4.74 Å². The molecule has 1 saturated heterocycles. The van der Waals surface area contributed by atoms with Crippen molar-refractivity contribution < 1.29 is 4.74 Å². The van der Waals surface area contributed by atoms with Crippen LogP contribution in [-0.4, -0.2) is 28.7 Å². The van der Waals surface area contributed by atoms with E-state index in [9.17, 15) is 0 Å². The quantitative estimate of drug-likeness (QED) is 0.784. The average molecular weight is 221 g/mol. The van der Waals surface area contributed by atoms with Crippen molar-refractivity contribution in [2.75, 3.05) is 11.5 Å². The monoisotopic (exact) mass is 221 g/mol. The summed E-state index contributed by atoms with van der Waals surface area (Å²) in [7, 11) is 0. The van der Waals surface area contributed by atoms with Gasteiger partial charge in [0.25, 0.3) is 0 Å². The summed E-state index contributed by atoms with van der Waals surface area (Å²) in [6.45, 7) is 7.09. The fourth-order valence-corrected chi connectivity index (χ4v) is 2.34. The number of nitrogens with zero attached hydrogens (tertiary/aromatic N) is 3. The molecule has 4 nitrogen and oxygen atoms in total. The lowest BCUT2D eigenvalue weighted by molar-refractivity contribution is 0.326. The van der Waals surface area contributed by atoms with Crippen LogP contribution in [0.5, 0.6) is 5.88 Å². The molecule has 0 aliphatic carbocycles. The molecular weight excluding hydrogens is 202 g/mol. The van der Waals surface area contributed by atoms with Crippen LogP contribution in [0.25, 0.3) is 0 Å².